The van der Waals surface area contributed by atoms with E-state index in [0.29, 0.717) is 18.6 Å². The van der Waals surface area contributed by atoms with E-state index in [1.54, 1.807) is 17.0 Å². The second-order valence-electron chi connectivity index (χ2n) is 6.97. The minimum atomic E-state index is -0.568. The summed E-state index contributed by atoms with van der Waals surface area (Å²) in [4.78, 5) is 37.2. The number of benzene rings is 1. The van der Waals surface area contributed by atoms with E-state index in [-0.39, 0.29) is 25.0 Å². The van der Waals surface area contributed by atoms with E-state index in [2.05, 4.69) is 5.32 Å². The molecular formula is C20H26N2O5. The zero-order valence-electron chi connectivity index (χ0n) is 15.5. The van der Waals surface area contributed by atoms with Crippen LogP contribution in [0, 0.1) is 0 Å². The maximum atomic E-state index is 12.2. The fraction of sp³-hybridized carbons (Fsp3) is 0.550. The molecule has 0 aliphatic carbocycles. The summed E-state index contributed by atoms with van der Waals surface area (Å²) in [6.07, 6.45) is 6.60. The molecule has 1 fully saturated rings. The highest BCUT2D eigenvalue weighted by molar-refractivity contribution is 5.94. The normalized spacial score (nSPS) is 17.2. The Balaban J connectivity index is 1.41. The Kier molecular flexibility index (Phi) is 6.68. The quantitative estimate of drug-likeness (QED) is 0.800. The predicted octanol–water partition coefficient (Wildman–Crippen LogP) is 2.29. The molecule has 0 unspecified atom stereocenters. The Hall–Kier alpha value is -2.57. The van der Waals surface area contributed by atoms with E-state index in [1.165, 1.54) is 6.42 Å². The van der Waals surface area contributed by atoms with Crippen LogP contribution in [0.25, 0.3) is 0 Å². The van der Waals surface area contributed by atoms with Crippen LogP contribution >= 0.6 is 0 Å². The first-order valence-electron chi connectivity index (χ1n) is 9.61. The molecule has 0 saturated carbocycles. The third-order valence-electron chi connectivity index (χ3n) is 4.89. The summed E-state index contributed by atoms with van der Waals surface area (Å²) in [6.45, 7) is 0.980. The third kappa shape index (κ3) is 5.70. The number of rotatable bonds is 5. The molecule has 27 heavy (non-hydrogen) atoms. The number of nitrogens with one attached hydrogen (secondary N) is 1. The number of amides is 2. The second kappa shape index (κ2) is 9.39. The van der Waals surface area contributed by atoms with Crippen LogP contribution in [0.4, 0.5) is 5.69 Å². The molecule has 146 valence electrons. The van der Waals surface area contributed by atoms with Gasteiger partial charge in [0.15, 0.2) is 13.2 Å². The average molecular weight is 374 g/mol. The largest absolute Gasteiger partial charge is 0.482 e. The Bertz CT molecular complexity index is 696. The Labute approximate surface area is 159 Å². The summed E-state index contributed by atoms with van der Waals surface area (Å²) in [7, 11) is 0. The number of fused-ring (bicyclic) bond motifs is 1. The van der Waals surface area contributed by atoms with Crippen molar-refractivity contribution in [2.45, 2.75) is 44.9 Å². The van der Waals surface area contributed by atoms with Crippen LogP contribution in [-0.2, 0) is 25.5 Å². The molecule has 2 aliphatic heterocycles. The van der Waals surface area contributed by atoms with Gasteiger partial charge in [0, 0.05) is 25.2 Å². The lowest BCUT2D eigenvalue weighted by atomic mass is 10.0. The first-order valence-corrected chi connectivity index (χ1v) is 9.61. The number of anilines is 1. The molecule has 1 N–H and O–H groups in total. The number of hydrogen-bond donors (Lipinski definition) is 1. The summed E-state index contributed by atoms with van der Waals surface area (Å²) in [5, 5.41) is 2.80. The SMILES string of the molecule is O=C1CCc2cc(OCC(=O)OCC(=O)N3CCCCCCC3)ccc2N1. The van der Waals surface area contributed by atoms with Crippen molar-refractivity contribution in [2.24, 2.45) is 0 Å². The van der Waals surface area contributed by atoms with Gasteiger partial charge in [-0.3, -0.25) is 9.59 Å². The van der Waals surface area contributed by atoms with Crippen LogP contribution in [0.5, 0.6) is 5.75 Å². The second-order valence-corrected chi connectivity index (χ2v) is 6.97. The number of esters is 1. The molecule has 7 heteroatoms. The van der Waals surface area contributed by atoms with E-state index in [0.717, 1.165) is 50.0 Å². The van der Waals surface area contributed by atoms with Gasteiger partial charge in [0.1, 0.15) is 5.75 Å². The van der Waals surface area contributed by atoms with Gasteiger partial charge in [-0.2, -0.15) is 0 Å². The van der Waals surface area contributed by atoms with Gasteiger partial charge in [-0.25, -0.2) is 4.79 Å². The van der Waals surface area contributed by atoms with E-state index >= 15 is 0 Å². The van der Waals surface area contributed by atoms with Crippen LogP contribution in [0.3, 0.4) is 0 Å². The zero-order valence-corrected chi connectivity index (χ0v) is 15.5. The Morgan fingerprint density at radius 3 is 2.52 bits per heavy atom. The molecular weight excluding hydrogens is 348 g/mol. The number of carbonyl (C=O) groups is 3. The van der Waals surface area contributed by atoms with Gasteiger partial charge in [-0.1, -0.05) is 19.3 Å². The van der Waals surface area contributed by atoms with Gasteiger partial charge in [0.2, 0.25) is 5.91 Å². The van der Waals surface area contributed by atoms with Crippen molar-refractivity contribution in [2.75, 3.05) is 31.6 Å². The third-order valence-corrected chi connectivity index (χ3v) is 4.89. The highest BCUT2D eigenvalue weighted by Crippen LogP contribution is 2.26. The number of hydrogen-bond acceptors (Lipinski definition) is 5. The molecule has 2 amide bonds. The Morgan fingerprint density at radius 1 is 1.00 bits per heavy atom. The fourth-order valence-corrected chi connectivity index (χ4v) is 3.36. The van der Waals surface area contributed by atoms with Crippen molar-refractivity contribution in [1.82, 2.24) is 4.90 Å². The number of nitrogens with zero attached hydrogens (tertiary/aromatic N) is 1. The molecule has 0 aromatic heterocycles. The summed E-state index contributed by atoms with van der Waals surface area (Å²) >= 11 is 0. The van der Waals surface area contributed by atoms with Crippen molar-refractivity contribution in [1.29, 1.82) is 0 Å². The first kappa shape index (κ1) is 19.2. The van der Waals surface area contributed by atoms with Gasteiger partial charge < -0.3 is 19.7 Å². The van der Waals surface area contributed by atoms with Crippen molar-refractivity contribution >= 4 is 23.5 Å². The highest BCUT2D eigenvalue weighted by Gasteiger charge is 2.18. The molecule has 0 bridgehead atoms. The standard InChI is InChI=1S/C20H26N2O5/c23-18-9-6-15-12-16(7-8-17(15)21-18)26-14-20(25)27-13-19(24)22-10-4-2-1-3-5-11-22/h7-8,12H,1-6,9-11,13-14H2,(H,21,23). The summed E-state index contributed by atoms with van der Waals surface area (Å²) in [5.74, 6) is -0.169. The number of carbonyl (C=O) groups excluding carboxylic acids is 3. The van der Waals surface area contributed by atoms with Crippen LogP contribution in [0.1, 0.15) is 44.1 Å². The molecule has 0 radical (unpaired) electrons. The van der Waals surface area contributed by atoms with Crippen molar-refractivity contribution in [3.8, 4) is 5.75 Å². The van der Waals surface area contributed by atoms with E-state index in [9.17, 15) is 14.4 Å². The summed E-state index contributed by atoms with van der Waals surface area (Å²) in [5.41, 5.74) is 1.76. The van der Waals surface area contributed by atoms with Gasteiger partial charge in [0.25, 0.3) is 5.91 Å². The number of aryl methyl sites for hydroxylation is 1. The minimum absolute atomic E-state index is 0.00412. The van der Waals surface area contributed by atoms with E-state index < -0.39 is 5.97 Å². The fourth-order valence-electron chi connectivity index (χ4n) is 3.36. The van der Waals surface area contributed by atoms with Crippen molar-refractivity contribution < 1.29 is 23.9 Å². The number of ether oxygens (including phenoxy) is 2. The van der Waals surface area contributed by atoms with E-state index in [1.807, 2.05) is 6.07 Å². The lowest BCUT2D eigenvalue weighted by Crippen LogP contribution is -2.37. The molecule has 0 atom stereocenters. The molecule has 0 spiro atoms. The van der Waals surface area contributed by atoms with Gasteiger partial charge in [-0.05, 0) is 43.0 Å². The van der Waals surface area contributed by atoms with Crippen LogP contribution in [0.15, 0.2) is 18.2 Å². The predicted molar refractivity (Wildman–Crippen MR) is 99.5 cm³/mol. The van der Waals surface area contributed by atoms with Gasteiger partial charge in [-0.15, -0.1) is 0 Å². The molecule has 1 saturated heterocycles. The molecule has 2 heterocycles. The lowest BCUT2D eigenvalue weighted by Gasteiger charge is -2.24. The maximum absolute atomic E-state index is 12.2. The van der Waals surface area contributed by atoms with Crippen molar-refractivity contribution in [3.05, 3.63) is 23.8 Å². The van der Waals surface area contributed by atoms with Crippen LogP contribution < -0.4 is 10.1 Å². The van der Waals surface area contributed by atoms with E-state index in [4.69, 9.17) is 9.47 Å². The molecule has 1 aromatic rings. The highest BCUT2D eigenvalue weighted by atomic mass is 16.6. The zero-order chi connectivity index (χ0) is 19.1. The van der Waals surface area contributed by atoms with Crippen LogP contribution in [-0.4, -0.2) is 49.0 Å². The van der Waals surface area contributed by atoms with Gasteiger partial charge >= 0.3 is 5.97 Å². The van der Waals surface area contributed by atoms with Crippen LogP contribution in [0.2, 0.25) is 0 Å². The smallest absolute Gasteiger partial charge is 0.344 e. The average Bonchev–Trinajstić information content (AvgIpc) is 2.64. The molecule has 7 nitrogen and oxygen atoms in total. The lowest BCUT2D eigenvalue weighted by molar-refractivity contribution is -0.153. The Morgan fingerprint density at radius 2 is 1.74 bits per heavy atom. The first-order chi connectivity index (χ1) is 13.1. The number of likely N-dealkylation sites (tertiary alicyclic amines) is 1. The maximum Gasteiger partial charge on any atom is 0.344 e. The van der Waals surface area contributed by atoms with Crippen molar-refractivity contribution in [3.63, 3.8) is 0 Å². The summed E-state index contributed by atoms with van der Waals surface area (Å²) in [6, 6.07) is 5.27. The molecule has 1 aromatic carbocycles. The monoisotopic (exact) mass is 374 g/mol. The van der Waals surface area contributed by atoms with Gasteiger partial charge in [0.05, 0.1) is 0 Å². The summed E-state index contributed by atoms with van der Waals surface area (Å²) < 4.78 is 10.5. The molecule has 2 aliphatic rings. The molecule has 3 rings (SSSR count). The minimum Gasteiger partial charge on any atom is -0.482 e. The topological polar surface area (TPSA) is 84.9 Å².